The molecule has 5 nitrogen and oxygen atoms in total. The predicted molar refractivity (Wildman–Crippen MR) is 127 cm³/mol. The number of fused-ring (bicyclic) bond motifs is 1. The maximum absolute atomic E-state index is 13.5. The Morgan fingerprint density at radius 2 is 1.72 bits per heavy atom. The van der Waals surface area contributed by atoms with Crippen molar-refractivity contribution in [2.75, 3.05) is 13.4 Å². The molecule has 0 bridgehead atoms. The molecule has 1 N–H and O–H groups in total. The topological polar surface area (TPSA) is 58.2 Å². The van der Waals surface area contributed by atoms with E-state index in [0.717, 1.165) is 33.7 Å². The summed E-state index contributed by atoms with van der Waals surface area (Å²) in [5, 5.41) is 7.56. The van der Waals surface area contributed by atoms with Crippen LogP contribution in [0.25, 0.3) is 11.3 Å². The summed E-state index contributed by atoms with van der Waals surface area (Å²) >= 11 is 1.70. The van der Waals surface area contributed by atoms with Gasteiger partial charge in [0.2, 0.25) is 0 Å². The number of aromatic amines is 1. The molecule has 4 aromatic rings. The van der Waals surface area contributed by atoms with Gasteiger partial charge in [-0.15, -0.1) is 11.8 Å². The number of amides is 1. The van der Waals surface area contributed by atoms with Crippen molar-refractivity contribution in [1.82, 2.24) is 15.1 Å². The Labute approximate surface area is 191 Å². The van der Waals surface area contributed by atoms with Crippen molar-refractivity contribution in [3.63, 3.8) is 0 Å². The van der Waals surface area contributed by atoms with E-state index in [1.54, 1.807) is 18.9 Å². The Balaban J connectivity index is 1.60. The van der Waals surface area contributed by atoms with Gasteiger partial charge in [-0.25, -0.2) is 0 Å². The van der Waals surface area contributed by atoms with E-state index in [2.05, 4.69) is 40.7 Å². The average molecular weight is 442 g/mol. The highest BCUT2D eigenvalue weighted by Crippen LogP contribution is 2.43. The van der Waals surface area contributed by atoms with Crippen LogP contribution in [-0.2, 0) is 6.54 Å². The molecule has 0 aliphatic carbocycles. The molecule has 0 saturated carbocycles. The number of ether oxygens (including phenoxy) is 1. The fourth-order valence-corrected chi connectivity index (χ4v) is 4.64. The first-order valence-electron chi connectivity index (χ1n) is 10.4. The SMILES string of the molecule is COc1ccc(CN2C(=O)c3[nH]nc(-c4ccccc4)c3C2c2ccc(SC)cc2)cc1. The van der Waals surface area contributed by atoms with Gasteiger partial charge in [-0.3, -0.25) is 9.89 Å². The zero-order valence-corrected chi connectivity index (χ0v) is 18.7. The molecule has 0 saturated heterocycles. The quantitative estimate of drug-likeness (QED) is 0.399. The Hall–Kier alpha value is -3.51. The molecule has 1 unspecified atom stereocenters. The second-order valence-electron chi connectivity index (χ2n) is 7.68. The molecule has 1 atom stereocenters. The number of aromatic nitrogens is 2. The number of H-pyrrole nitrogens is 1. The van der Waals surface area contributed by atoms with Crippen molar-refractivity contribution in [3.8, 4) is 17.0 Å². The molecule has 32 heavy (non-hydrogen) atoms. The Morgan fingerprint density at radius 3 is 2.38 bits per heavy atom. The van der Waals surface area contributed by atoms with Crippen LogP contribution in [0.1, 0.15) is 33.2 Å². The molecular formula is C26H23N3O2S. The third-order valence-electron chi connectivity index (χ3n) is 5.85. The summed E-state index contributed by atoms with van der Waals surface area (Å²) < 4.78 is 5.28. The van der Waals surface area contributed by atoms with E-state index in [1.165, 1.54) is 4.90 Å². The van der Waals surface area contributed by atoms with Crippen LogP contribution in [0.3, 0.4) is 0 Å². The predicted octanol–water partition coefficient (Wildman–Crippen LogP) is 5.55. The lowest BCUT2D eigenvalue weighted by Crippen LogP contribution is -2.29. The minimum atomic E-state index is -0.218. The first kappa shape index (κ1) is 20.4. The fourth-order valence-electron chi connectivity index (χ4n) is 4.24. The van der Waals surface area contributed by atoms with E-state index < -0.39 is 0 Å². The van der Waals surface area contributed by atoms with Crippen LogP contribution in [0, 0.1) is 0 Å². The molecule has 0 spiro atoms. The molecule has 1 amide bonds. The summed E-state index contributed by atoms with van der Waals surface area (Å²) in [5.74, 6) is 0.760. The Morgan fingerprint density at radius 1 is 1.00 bits per heavy atom. The fraction of sp³-hybridized carbons (Fsp3) is 0.154. The molecular weight excluding hydrogens is 418 g/mol. The van der Waals surface area contributed by atoms with E-state index in [-0.39, 0.29) is 11.9 Å². The number of nitrogens with zero attached hydrogens (tertiary/aromatic N) is 2. The highest BCUT2D eigenvalue weighted by Gasteiger charge is 2.42. The summed E-state index contributed by atoms with van der Waals surface area (Å²) in [6, 6.07) is 26.1. The van der Waals surface area contributed by atoms with Crippen molar-refractivity contribution in [3.05, 3.63) is 101 Å². The van der Waals surface area contributed by atoms with E-state index in [9.17, 15) is 4.79 Å². The average Bonchev–Trinajstić information content (AvgIpc) is 3.39. The molecule has 5 rings (SSSR count). The lowest BCUT2D eigenvalue weighted by atomic mass is 9.96. The van der Waals surface area contributed by atoms with Crippen LogP contribution in [-0.4, -0.2) is 34.4 Å². The molecule has 2 heterocycles. The highest BCUT2D eigenvalue weighted by molar-refractivity contribution is 7.98. The number of benzene rings is 3. The number of nitrogens with one attached hydrogen (secondary N) is 1. The van der Waals surface area contributed by atoms with Gasteiger partial charge in [-0.1, -0.05) is 54.6 Å². The third-order valence-corrected chi connectivity index (χ3v) is 6.60. The maximum atomic E-state index is 13.5. The van der Waals surface area contributed by atoms with Crippen LogP contribution in [0.2, 0.25) is 0 Å². The van der Waals surface area contributed by atoms with Crippen molar-refractivity contribution >= 4 is 17.7 Å². The number of carbonyl (C=O) groups excluding carboxylic acids is 1. The van der Waals surface area contributed by atoms with E-state index >= 15 is 0 Å². The highest BCUT2D eigenvalue weighted by atomic mass is 32.2. The standard InChI is InChI=1S/C26H23N3O2S/c1-31-20-12-8-17(9-13-20)16-29-25(19-10-14-21(32-2)15-11-19)22-23(18-6-4-3-5-7-18)27-28-24(22)26(29)30/h3-15,25H,16H2,1-2H3,(H,27,28). The smallest absolute Gasteiger partial charge is 0.273 e. The zero-order chi connectivity index (χ0) is 22.1. The molecule has 160 valence electrons. The van der Waals surface area contributed by atoms with Gasteiger partial charge in [0.1, 0.15) is 11.4 Å². The van der Waals surface area contributed by atoms with Crippen LogP contribution in [0.15, 0.2) is 83.8 Å². The molecule has 3 aromatic carbocycles. The summed E-state index contributed by atoms with van der Waals surface area (Å²) in [6.07, 6.45) is 2.06. The molecule has 0 radical (unpaired) electrons. The summed E-state index contributed by atoms with van der Waals surface area (Å²) in [6.45, 7) is 0.495. The molecule has 1 aromatic heterocycles. The van der Waals surface area contributed by atoms with Crippen molar-refractivity contribution in [1.29, 1.82) is 0 Å². The Kier molecular flexibility index (Phi) is 5.45. The second-order valence-corrected chi connectivity index (χ2v) is 8.56. The molecule has 1 aliphatic rings. The van der Waals surface area contributed by atoms with Crippen molar-refractivity contribution in [2.45, 2.75) is 17.5 Å². The van der Waals surface area contributed by atoms with Crippen LogP contribution >= 0.6 is 11.8 Å². The first-order valence-corrected chi connectivity index (χ1v) is 11.6. The number of carbonyl (C=O) groups is 1. The summed E-state index contributed by atoms with van der Waals surface area (Å²) in [4.78, 5) is 16.6. The lowest BCUT2D eigenvalue weighted by Gasteiger charge is -2.26. The molecule has 1 aliphatic heterocycles. The van der Waals surface area contributed by atoms with Gasteiger partial charge >= 0.3 is 0 Å². The molecule has 6 heteroatoms. The number of thioether (sulfide) groups is 1. The Bertz CT molecular complexity index is 1230. The van der Waals surface area contributed by atoms with Crippen LogP contribution in [0.4, 0.5) is 0 Å². The molecule has 0 fully saturated rings. The monoisotopic (exact) mass is 441 g/mol. The zero-order valence-electron chi connectivity index (χ0n) is 17.9. The van der Waals surface area contributed by atoms with Gasteiger partial charge in [0.05, 0.1) is 18.8 Å². The number of hydrogen-bond acceptors (Lipinski definition) is 4. The van der Waals surface area contributed by atoms with Gasteiger partial charge in [-0.2, -0.15) is 5.10 Å². The number of methoxy groups -OCH3 is 1. The third kappa shape index (κ3) is 3.56. The van der Waals surface area contributed by atoms with Gasteiger partial charge in [0.15, 0.2) is 0 Å². The summed E-state index contributed by atoms with van der Waals surface area (Å²) in [7, 11) is 1.65. The van der Waals surface area contributed by atoms with Crippen LogP contribution < -0.4 is 4.74 Å². The van der Waals surface area contributed by atoms with Gasteiger partial charge in [0.25, 0.3) is 5.91 Å². The number of rotatable bonds is 6. The van der Waals surface area contributed by atoms with E-state index in [1.807, 2.05) is 59.5 Å². The van der Waals surface area contributed by atoms with Crippen molar-refractivity contribution < 1.29 is 9.53 Å². The van der Waals surface area contributed by atoms with Crippen LogP contribution in [0.5, 0.6) is 5.75 Å². The van der Waals surface area contributed by atoms with Gasteiger partial charge < -0.3 is 9.64 Å². The maximum Gasteiger partial charge on any atom is 0.273 e. The number of hydrogen-bond donors (Lipinski definition) is 1. The van der Waals surface area contributed by atoms with E-state index in [0.29, 0.717) is 12.2 Å². The van der Waals surface area contributed by atoms with Gasteiger partial charge in [0, 0.05) is 22.6 Å². The van der Waals surface area contributed by atoms with Gasteiger partial charge in [-0.05, 0) is 41.6 Å². The normalized spacial score (nSPS) is 15.1. The largest absolute Gasteiger partial charge is 0.497 e. The minimum Gasteiger partial charge on any atom is -0.497 e. The van der Waals surface area contributed by atoms with Crippen molar-refractivity contribution in [2.24, 2.45) is 0 Å². The first-order chi connectivity index (χ1) is 15.7. The summed E-state index contributed by atoms with van der Waals surface area (Å²) in [5.41, 5.74) is 5.44. The lowest BCUT2D eigenvalue weighted by molar-refractivity contribution is 0.0730. The second kappa shape index (κ2) is 8.55. The van der Waals surface area contributed by atoms with E-state index in [4.69, 9.17) is 4.74 Å². The minimum absolute atomic E-state index is 0.0376.